The second-order valence-corrected chi connectivity index (χ2v) is 12.2. The van der Waals surface area contributed by atoms with E-state index in [4.69, 9.17) is 0 Å². The van der Waals surface area contributed by atoms with Crippen LogP contribution in [0, 0.1) is 5.92 Å². The normalized spacial score (nSPS) is 18.4. The van der Waals surface area contributed by atoms with Crippen molar-refractivity contribution in [3.05, 3.63) is 46.8 Å². The van der Waals surface area contributed by atoms with Gasteiger partial charge in [0.25, 0.3) is 15.9 Å². The molecule has 0 unspecified atom stereocenters. The van der Waals surface area contributed by atoms with Crippen molar-refractivity contribution in [2.75, 3.05) is 31.5 Å². The lowest BCUT2D eigenvalue weighted by Crippen LogP contribution is -2.41. The number of amides is 2. The Labute approximate surface area is 206 Å². The highest BCUT2D eigenvalue weighted by Gasteiger charge is 2.33. The summed E-state index contributed by atoms with van der Waals surface area (Å²) in [5, 5.41) is 4.61. The van der Waals surface area contributed by atoms with Crippen LogP contribution in [0.15, 0.2) is 39.9 Å². The van der Waals surface area contributed by atoms with Gasteiger partial charge in [-0.2, -0.15) is 4.31 Å². The molecular weight excluding hydrogens is 470 g/mol. The number of nitrogens with one attached hydrogen (secondary N) is 1. The lowest BCUT2D eigenvalue weighted by atomic mass is 9.97. The molecule has 1 N–H and O–H groups in total. The first-order chi connectivity index (χ1) is 16.4. The summed E-state index contributed by atoms with van der Waals surface area (Å²) in [5.74, 6) is -0.370. The van der Waals surface area contributed by atoms with Crippen molar-refractivity contribution in [3.8, 4) is 0 Å². The molecule has 2 saturated heterocycles. The van der Waals surface area contributed by atoms with Gasteiger partial charge in [-0.15, -0.1) is 11.3 Å². The van der Waals surface area contributed by atoms with Crippen LogP contribution in [0.2, 0.25) is 0 Å². The Hall–Kier alpha value is -2.23. The van der Waals surface area contributed by atoms with E-state index in [0.29, 0.717) is 31.5 Å². The summed E-state index contributed by atoms with van der Waals surface area (Å²) in [4.78, 5) is 27.4. The van der Waals surface area contributed by atoms with Crippen molar-refractivity contribution in [1.29, 1.82) is 0 Å². The number of thiophene rings is 1. The molecule has 2 aliphatic heterocycles. The van der Waals surface area contributed by atoms with E-state index >= 15 is 0 Å². The fourth-order valence-electron chi connectivity index (χ4n) is 4.57. The van der Waals surface area contributed by atoms with Crippen LogP contribution in [-0.4, -0.2) is 55.6 Å². The minimum Gasteiger partial charge on any atom is -0.339 e. The Bertz CT molecular complexity index is 1100. The number of sulfonamides is 1. The first kappa shape index (κ1) is 24.9. The molecule has 1 aromatic carbocycles. The van der Waals surface area contributed by atoms with Gasteiger partial charge in [-0.25, -0.2) is 8.42 Å². The number of hydrogen-bond donors (Lipinski definition) is 1. The number of carbonyl (C=O) groups is 2. The zero-order valence-electron chi connectivity index (χ0n) is 19.7. The van der Waals surface area contributed by atoms with Crippen LogP contribution in [0.25, 0.3) is 0 Å². The maximum absolute atomic E-state index is 13.2. The van der Waals surface area contributed by atoms with Gasteiger partial charge in [-0.05, 0) is 55.9 Å². The molecule has 34 heavy (non-hydrogen) atoms. The number of carbonyl (C=O) groups excluding carboxylic acids is 2. The third-order valence-corrected chi connectivity index (χ3v) is 10.1. The fraction of sp³-hybridized carbons (Fsp3) is 0.520. The first-order valence-corrected chi connectivity index (χ1v) is 14.5. The van der Waals surface area contributed by atoms with Crippen LogP contribution in [0.3, 0.4) is 0 Å². The largest absolute Gasteiger partial charge is 0.339 e. The minimum absolute atomic E-state index is 0.0669. The van der Waals surface area contributed by atoms with Crippen molar-refractivity contribution in [1.82, 2.24) is 9.21 Å². The molecule has 0 spiro atoms. The molecule has 7 nitrogen and oxygen atoms in total. The number of likely N-dealkylation sites (tertiary alicyclic amines) is 1. The fourth-order valence-corrected chi connectivity index (χ4v) is 7.35. The summed E-state index contributed by atoms with van der Waals surface area (Å²) < 4.78 is 28.0. The topological polar surface area (TPSA) is 86.8 Å². The van der Waals surface area contributed by atoms with Gasteiger partial charge in [-0.3, -0.25) is 9.59 Å². The molecule has 2 aromatic rings. The van der Waals surface area contributed by atoms with Crippen molar-refractivity contribution in [3.63, 3.8) is 0 Å². The number of aryl methyl sites for hydroxylation is 1. The molecule has 4 rings (SSSR count). The van der Waals surface area contributed by atoms with Crippen LogP contribution < -0.4 is 5.32 Å². The summed E-state index contributed by atoms with van der Waals surface area (Å²) in [7, 11) is -3.68. The highest BCUT2D eigenvalue weighted by atomic mass is 32.2. The highest BCUT2D eigenvalue weighted by molar-refractivity contribution is 7.91. The first-order valence-electron chi connectivity index (χ1n) is 12.2. The van der Waals surface area contributed by atoms with Gasteiger partial charge in [0.05, 0.1) is 5.56 Å². The van der Waals surface area contributed by atoms with Crippen LogP contribution >= 0.6 is 11.3 Å². The SMILES string of the molecule is CCc1ccc(NC(=O)C2CCN(S(=O)(=O)c3cc(C(=O)N4CCCCCC4)cs3)CC2)cc1. The minimum atomic E-state index is -3.68. The predicted octanol–water partition coefficient (Wildman–Crippen LogP) is 4.37. The molecule has 0 radical (unpaired) electrons. The number of nitrogens with zero attached hydrogens (tertiary/aromatic N) is 2. The number of hydrogen-bond acceptors (Lipinski definition) is 5. The van der Waals surface area contributed by atoms with E-state index in [2.05, 4.69) is 12.2 Å². The van der Waals surface area contributed by atoms with Crippen LogP contribution in [0.4, 0.5) is 5.69 Å². The summed E-state index contributed by atoms with van der Waals surface area (Å²) in [6, 6.07) is 9.32. The number of rotatable bonds is 6. The average Bonchev–Trinajstić information content (AvgIpc) is 3.21. The van der Waals surface area contributed by atoms with Gasteiger partial charge in [0, 0.05) is 43.2 Å². The zero-order chi connectivity index (χ0) is 24.1. The zero-order valence-corrected chi connectivity index (χ0v) is 21.3. The molecule has 2 amide bonds. The molecule has 2 aliphatic rings. The predicted molar refractivity (Wildman–Crippen MR) is 135 cm³/mol. The summed E-state index contributed by atoms with van der Waals surface area (Å²) >= 11 is 1.10. The lowest BCUT2D eigenvalue weighted by molar-refractivity contribution is -0.120. The van der Waals surface area contributed by atoms with Gasteiger partial charge in [0.2, 0.25) is 5.91 Å². The van der Waals surface area contributed by atoms with Gasteiger partial charge in [-0.1, -0.05) is 31.9 Å². The van der Waals surface area contributed by atoms with Crippen LogP contribution in [0.1, 0.15) is 61.4 Å². The summed E-state index contributed by atoms with van der Waals surface area (Å²) in [6.45, 7) is 4.13. The van der Waals surface area contributed by atoms with Crippen molar-refractivity contribution in [2.45, 2.75) is 56.1 Å². The smallest absolute Gasteiger partial charge is 0.254 e. The Morgan fingerprint density at radius 3 is 2.26 bits per heavy atom. The second kappa shape index (κ2) is 11.0. The Morgan fingerprint density at radius 1 is 1.00 bits per heavy atom. The van der Waals surface area contributed by atoms with Gasteiger partial charge in [0.1, 0.15) is 4.21 Å². The van der Waals surface area contributed by atoms with E-state index in [1.165, 1.54) is 15.9 Å². The van der Waals surface area contributed by atoms with E-state index in [-0.39, 0.29) is 21.9 Å². The van der Waals surface area contributed by atoms with Crippen molar-refractivity contribution < 1.29 is 18.0 Å². The average molecular weight is 504 g/mol. The number of benzene rings is 1. The Kier molecular flexibility index (Phi) is 8.06. The Balaban J connectivity index is 1.34. The van der Waals surface area contributed by atoms with Gasteiger partial charge in [0.15, 0.2) is 0 Å². The molecule has 9 heteroatoms. The van der Waals surface area contributed by atoms with E-state index in [0.717, 1.165) is 62.2 Å². The monoisotopic (exact) mass is 503 g/mol. The third-order valence-electron chi connectivity index (χ3n) is 6.76. The van der Waals surface area contributed by atoms with Crippen LogP contribution in [0.5, 0.6) is 0 Å². The quantitative estimate of drug-likeness (QED) is 0.634. The Morgan fingerprint density at radius 2 is 1.65 bits per heavy atom. The van der Waals surface area contributed by atoms with Crippen molar-refractivity contribution in [2.24, 2.45) is 5.92 Å². The van der Waals surface area contributed by atoms with Gasteiger partial charge >= 0.3 is 0 Å². The molecule has 2 fully saturated rings. The van der Waals surface area contributed by atoms with E-state index in [1.54, 1.807) is 5.38 Å². The standard InChI is InChI=1S/C25H33N3O4S2/c1-2-19-7-9-22(10-8-19)26-24(29)20-11-15-28(16-12-20)34(31,32)23-17-21(18-33-23)25(30)27-13-5-3-4-6-14-27/h7-10,17-18,20H,2-6,11-16H2,1H3,(H,26,29). The third kappa shape index (κ3) is 5.70. The lowest BCUT2D eigenvalue weighted by Gasteiger charge is -2.30. The second-order valence-electron chi connectivity index (χ2n) is 9.08. The summed E-state index contributed by atoms with van der Waals surface area (Å²) in [5.41, 5.74) is 2.42. The molecular formula is C25H33N3O4S2. The van der Waals surface area contributed by atoms with Crippen molar-refractivity contribution >= 4 is 38.9 Å². The van der Waals surface area contributed by atoms with E-state index < -0.39 is 10.0 Å². The molecule has 0 aliphatic carbocycles. The maximum Gasteiger partial charge on any atom is 0.254 e. The molecule has 0 saturated carbocycles. The molecule has 0 atom stereocenters. The van der Waals surface area contributed by atoms with Crippen LogP contribution in [-0.2, 0) is 21.2 Å². The van der Waals surface area contributed by atoms with E-state index in [9.17, 15) is 18.0 Å². The molecule has 3 heterocycles. The molecule has 0 bridgehead atoms. The number of anilines is 1. The van der Waals surface area contributed by atoms with Gasteiger partial charge < -0.3 is 10.2 Å². The summed E-state index contributed by atoms with van der Waals surface area (Å²) in [6.07, 6.45) is 6.14. The van der Waals surface area contributed by atoms with E-state index in [1.807, 2.05) is 29.2 Å². The molecule has 1 aromatic heterocycles. The molecule has 184 valence electrons. The number of piperidine rings is 1. The highest BCUT2D eigenvalue weighted by Crippen LogP contribution is 2.29. The maximum atomic E-state index is 13.2.